The van der Waals surface area contributed by atoms with Crippen molar-refractivity contribution in [3.8, 4) is 0 Å². The van der Waals surface area contributed by atoms with Gasteiger partial charge >= 0.3 is 0 Å². The van der Waals surface area contributed by atoms with Crippen LogP contribution >= 0.6 is 23.2 Å². The Morgan fingerprint density at radius 3 is 2.33 bits per heavy atom. The fourth-order valence-electron chi connectivity index (χ4n) is 1.87. The third-order valence-electron chi connectivity index (χ3n) is 2.48. The summed E-state index contributed by atoms with van der Waals surface area (Å²) < 4.78 is 25.5. The van der Waals surface area contributed by atoms with Crippen molar-refractivity contribution in [3.05, 3.63) is 51.0 Å². The quantitative estimate of drug-likeness (QED) is 0.788. The molecule has 0 amide bonds. The normalized spacial score (nSPS) is 18.3. The molecule has 2 rings (SSSR count). The maximum absolute atomic E-state index is 12.1. The van der Waals surface area contributed by atoms with Crippen LogP contribution in [-0.4, -0.2) is 8.42 Å². The first kappa shape index (κ1) is 13.5. The number of anilines is 1. The van der Waals surface area contributed by atoms with E-state index in [4.69, 9.17) is 23.2 Å². The molecule has 1 aromatic rings. The second-order valence-electron chi connectivity index (χ2n) is 4.06. The van der Waals surface area contributed by atoms with Crippen LogP contribution in [0.1, 0.15) is 13.8 Å². The van der Waals surface area contributed by atoms with Crippen molar-refractivity contribution in [1.29, 1.82) is 0 Å². The van der Waals surface area contributed by atoms with Crippen LogP contribution in [0.3, 0.4) is 0 Å². The molecule has 0 N–H and O–H groups in total. The molecule has 96 valence electrons. The highest BCUT2D eigenvalue weighted by atomic mass is 35.5. The van der Waals surface area contributed by atoms with Gasteiger partial charge in [0.15, 0.2) is 0 Å². The zero-order valence-electron chi connectivity index (χ0n) is 9.81. The molecule has 0 saturated carbocycles. The Bertz CT molecular complexity index is 663. The van der Waals surface area contributed by atoms with Crippen LogP contribution in [0.4, 0.5) is 5.69 Å². The van der Waals surface area contributed by atoms with Crippen LogP contribution in [-0.2, 0) is 10.0 Å². The Morgan fingerprint density at radius 2 is 1.78 bits per heavy atom. The van der Waals surface area contributed by atoms with E-state index in [1.165, 1.54) is 15.8 Å². The molecule has 0 spiro atoms. The molecular weight excluding hydrogens is 293 g/mol. The lowest BCUT2D eigenvalue weighted by Gasteiger charge is -2.26. The molecule has 18 heavy (non-hydrogen) atoms. The first-order valence-corrected chi connectivity index (χ1v) is 7.44. The summed E-state index contributed by atoms with van der Waals surface area (Å²) in [5, 5.41) is 1.94. The molecule has 1 aromatic carbocycles. The van der Waals surface area contributed by atoms with Crippen molar-refractivity contribution in [3.63, 3.8) is 0 Å². The molecule has 0 aromatic heterocycles. The van der Waals surface area contributed by atoms with Gasteiger partial charge in [0.05, 0.1) is 21.1 Å². The number of hydrogen-bond donors (Lipinski definition) is 0. The van der Waals surface area contributed by atoms with Gasteiger partial charge in [-0.1, -0.05) is 23.2 Å². The fourth-order valence-corrected chi connectivity index (χ4v) is 3.67. The average Bonchev–Trinajstić information content (AvgIpc) is 2.20. The minimum Gasteiger partial charge on any atom is -0.239 e. The van der Waals surface area contributed by atoms with Gasteiger partial charge in [0.2, 0.25) is 0 Å². The molecule has 0 saturated heterocycles. The van der Waals surface area contributed by atoms with Gasteiger partial charge in [0, 0.05) is 5.70 Å². The molecular formula is C12H11Cl2NO2S. The van der Waals surface area contributed by atoms with Crippen molar-refractivity contribution in [1.82, 2.24) is 0 Å². The van der Waals surface area contributed by atoms with Crippen LogP contribution in [0.5, 0.6) is 0 Å². The van der Waals surface area contributed by atoms with E-state index >= 15 is 0 Å². The van der Waals surface area contributed by atoms with Crippen molar-refractivity contribution in [2.24, 2.45) is 0 Å². The highest BCUT2D eigenvalue weighted by Crippen LogP contribution is 2.33. The largest absolute Gasteiger partial charge is 0.261 e. The maximum Gasteiger partial charge on any atom is 0.261 e. The molecule has 3 nitrogen and oxygen atoms in total. The average molecular weight is 304 g/mol. The number of allylic oxidation sites excluding steroid dienone is 3. The van der Waals surface area contributed by atoms with Gasteiger partial charge in [-0.15, -0.1) is 0 Å². The third kappa shape index (κ3) is 2.41. The van der Waals surface area contributed by atoms with Crippen molar-refractivity contribution >= 4 is 38.9 Å². The van der Waals surface area contributed by atoms with E-state index in [9.17, 15) is 8.42 Å². The van der Waals surface area contributed by atoms with Crippen molar-refractivity contribution in [2.45, 2.75) is 13.8 Å². The van der Waals surface area contributed by atoms with E-state index in [0.29, 0.717) is 27.0 Å². The first-order valence-electron chi connectivity index (χ1n) is 5.18. The van der Waals surface area contributed by atoms with Gasteiger partial charge in [-0.2, -0.15) is 0 Å². The van der Waals surface area contributed by atoms with Gasteiger partial charge in [-0.25, -0.2) is 12.7 Å². The first-order chi connectivity index (χ1) is 8.31. The van der Waals surface area contributed by atoms with E-state index in [1.54, 1.807) is 32.1 Å². The molecule has 6 heteroatoms. The van der Waals surface area contributed by atoms with E-state index < -0.39 is 10.0 Å². The Balaban J connectivity index is 2.57. The minimum absolute atomic E-state index is 0.323. The van der Waals surface area contributed by atoms with Gasteiger partial charge in [-0.05, 0) is 43.7 Å². The van der Waals surface area contributed by atoms with Crippen LogP contribution in [0, 0.1) is 0 Å². The van der Waals surface area contributed by atoms with E-state index in [2.05, 4.69) is 0 Å². The molecule has 1 heterocycles. The lowest BCUT2D eigenvalue weighted by Crippen LogP contribution is -2.29. The fraction of sp³-hybridized carbons (Fsp3) is 0.167. The van der Waals surface area contributed by atoms with Crippen LogP contribution in [0.2, 0.25) is 10.0 Å². The topological polar surface area (TPSA) is 37.4 Å². The van der Waals surface area contributed by atoms with Crippen LogP contribution in [0.15, 0.2) is 41.0 Å². The zero-order valence-corrected chi connectivity index (χ0v) is 12.1. The SMILES string of the molecule is CC1=CS(=O)(=O)N(c2ccc(Cl)c(Cl)c2)C(C)=C1. The molecule has 0 atom stereocenters. The summed E-state index contributed by atoms with van der Waals surface area (Å²) in [4.78, 5) is 0. The lowest BCUT2D eigenvalue weighted by molar-refractivity contribution is 0.602. The predicted octanol–water partition coefficient (Wildman–Crippen LogP) is 3.95. The summed E-state index contributed by atoms with van der Waals surface area (Å²) in [6.45, 7) is 3.48. The second kappa shape index (κ2) is 4.61. The van der Waals surface area contributed by atoms with Gasteiger partial charge in [-0.3, -0.25) is 0 Å². The van der Waals surface area contributed by atoms with Gasteiger partial charge in [0.1, 0.15) is 0 Å². The molecule has 1 aliphatic rings. The highest BCUT2D eigenvalue weighted by molar-refractivity contribution is 7.95. The maximum atomic E-state index is 12.1. The minimum atomic E-state index is -3.50. The summed E-state index contributed by atoms with van der Waals surface area (Å²) in [6, 6.07) is 4.73. The van der Waals surface area contributed by atoms with Crippen LogP contribution < -0.4 is 4.31 Å². The Hall–Kier alpha value is -0.970. The Kier molecular flexibility index (Phi) is 3.45. The standard InChI is InChI=1S/C12H11Cl2NO2S/c1-8-5-9(2)15(18(16,17)7-8)10-3-4-11(13)12(14)6-10/h3-7H,1-2H3. The lowest BCUT2D eigenvalue weighted by atomic mass is 10.2. The zero-order chi connectivity index (χ0) is 13.5. The van der Waals surface area contributed by atoms with Crippen molar-refractivity contribution in [2.75, 3.05) is 4.31 Å². The number of rotatable bonds is 1. The second-order valence-corrected chi connectivity index (χ2v) is 6.50. The predicted molar refractivity (Wildman–Crippen MR) is 75.4 cm³/mol. The molecule has 1 aliphatic heterocycles. The summed E-state index contributed by atoms with van der Waals surface area (Å²) in [6.07, 6.45) is 1.80. The van der Waals surface area contributed by atoms with Crippen LogP contribution in [0.25, 0.3) is 0 Å². The Labute approximate surface area is 116 Å². The van der Waals surface area contributed by atoms with Gasteiger partial charge in [0.25, 0.3) is 10.0 Å². The Morgan fingerprint density at radius 1 is 1.11 bits per heavy atom. The summed E-state index contributed by atoms with van der Waals surface area (Å²) in [5.74, 6) is 0. The van der Waals surface area contributed by atoms with E-state index in [-0.39, 0.29) is 0 Å². The molecule has 0 aliphatic carbocycles. The van der Waals surface area contributed by atoms with E-state index in [1.807, 2.05) is 0 Å². The van der Waals surface area contributed by atoms with E-state index in [0.717, 1.165) is 0 Å². The number of sulfonamides is 1. The summed E-state index contributed by atoms with van der Waals surface area (Å²) >= 11 is 11.7. The third-order valence-corrected chi connectivity index (χ3v) is 4.90. The number of benzene rings is 1. The number of halogens is 2. The summed E-state index contributed by atoms with van der Waals surface area (Å²) in [5.41, 5.74) is 1.79. The van der Waals surface area contributed by atoms with Crippen molar-refractivity contribution < 1.29 is 8.42 Å². The number of nitrogens with zero attached hydrogens (tertiary/aromatic N) is 1. The monoisotopic (exact) mass is 303 g/mol. The highest BCUT2D eigenvalue weighted by Gasteiger charge is 2.25. The molecule has 0 bridgehead atoms. The van der Waals surface area contributed by atoms with Gasteiger partial charge < -0.3 is 0 Å². The summed E-state index contributed by atoms with van der Waals surface area (Å²) in [7, 11) is -3.50. The molecule has 0 fully saturated rings. The molecule has 0 unspecified atom stereocenters. The molecule has 0 radical (unpaired) electrons. The number of hydrogen-bond acceptors (Lipinski definition) is 2. The smallest absolute Gasteiger partial charge is 0.239 e.